The largest absolute Gasteiger partial charge is 0.294 e. The Bertz CT molecular complexity index is 150. The molecular formula is C8H12O. The summed E-state index contributed by atoms with van der Waals surface area (Å²) >= 11 is 0. The molecule has 0 aromatic carbocycles. The maximum Gasteiger partial charge on any atom is 0.166 e. The van der Waals surface area contributed by atoms with E-state index in [-0.39, 0.29) is 5.78 Å². The third-order valence-corrected chi connectivity index (χ3v) is 1.16. The van der Waals surface area contributed by atoms with Crippen LogP contribution in [0.5, 0.6) is 0 Å². The normalized spacial score (nSPS) is 8.22. The molecule has 0 saturated heterocycles. The molecule has 0 rings (SSSR count). The molecule has 0 saturated carbocycles. The monoisotopic (exact) mass is 124 g/mol. The van der Waals surface area contributed by atoms with Gasteiger partial charge in [-0.2, -0.15) is 0 Å². The first-order chi connectivity index (χ1) is 4.22. The van der Waals surface area contributed by atoms with Crippen LogP contribution >= 0.6 is 0 Å². The molecule has 0 aromatic rings. The first-order valence-corrected chi connectivity index (χ1v) is 3.12. The lowest BCUT2D eigenvalue weighted by atomic mass is 10.1. The molecule has 50 valence electrons. The first kappa shape index (κ1) is 8.19. The summed E-state index contributed by atoms with van der Waals surface area (Å²) < 4.78 is 0. The van der Waals surface area contributed by atoms with Gasteiger partial charge in [-0.15, -0.1) is 5.73 Å². The van der Waals surface area contributed by atoms with E-state index in [1.165, 1.54) is 0 Å². The number of ketones is 1. The highest BCUT2D eigenvalue weighted by Gasteiger charge is 1.99. The molecule has 0 spiro atoms. The summed E-state index contributed by atoms with van der Waals surface area (Å²) in [5.74, 6) is 0.160. The van der Waals surface area contributed by atoms with E-state index in [0.717, 1.165) is 6.42 Å². The van der Waals surface area contributed by atoms with Crippen LogP contribution < -0.4 is 0 Å². The van der Waals surface area contributed by atoms with E-state index < -0.39 is 0 Å². The summed E-state index contributed by atoms with van der Waals surface area (Å²) in [6, 6.07) is 0. The average molecular weight is 124 g/mol. The Morgan fingerprint density at radius 3 is 2.56 bits per heavy atom. The van der Waals surface area contributed by atoms with Crippen molar-refractivity contribution in [3.63, 3.8) is 0 Å². The van der Waals surface area contributed by atoms with Gasteiger partial charge in [-0.05, 0) is 13.3 Å². The van der Waals surface area contributed by atoms with Crippen LogP contribution in [-0.2, 0) is 4.79 Å². The lowest BCUT2D eigenvalue weighted by Gasteiger charge is -1.91. The molecule has 1 nitrogen and oxygen atoms in total. The number of rotatable bonds is 3. The molecular weight excluding hydrogens is 112 g/mol. The molecule has 0 bridgehead atoms. The van der Waals surface area contributed by atoms with E-state index in [0.29, 0.717) is 12.0 Å². The van der Waals surface area contributed by atoms with Gasteiger partial charge >= 0.3 is 0 Å². The summed E-state index contributed by atoms with van der Waals surface area (Å²) in [5, 5.41) is 0. The number of hydrogen-bond donors (Lipinski definition) is 0. The van der Waals surface area contributed by atoms with E-state index in [1.54, 1.807) is 6.92 Å². The molecule has 1 heteroatoms. The zero-order valence-electron chi connectivity index (χ0n) is 6.03. The van der Waals surface area contributed by atoms with Crippen molar-refractivity contribution in [1.82, 2.24) is 0 Å². The standard InChI is InChI=1S/C8H12O/c1-4-6-8(9)7(3)5-2/h2,4,6H2,1,3H3. The Morgan fingerprint density at radius 2 is 2.22 bits per heavy atom. The van der Waals surface area contributed by atoms with Crippen molar-refractivity contribution >= 4 is 5.78 Å². The molecule has 0 aliphatic carbocycles. The summed E-state index contributed by atoms with van der Waals surface area (Å²) in [7, 11) is 0. The predicted octanol–water partition coefficient (Wildman–Crippen LogP) is 2.09. The number of hydrogen-bond acceptors (Lipinski definition) is 1. The van der Waals surface area contributed by atoms with Gasteiger partial charge in [-0.3, -0.25) is 4.79 Å². The molecule has 9 heavy (non-hydrogen) atoms. The highest BCUT2D eigenvalue weighted by molar-refractivity contribution is 5.94. The minimum Gasteiger partial charge on any atom is -0.294 e. The van der Waals surface area contributed by atoms with Crippen molar-refractivity contribution in [2.75, 3.05) is 0 Å². The molecule has 0 fully saturated rings. The fourth-order valence-corrected chi connectivity index (χ4v) is 0.513. The molecule has 0 aliphatic rings. The molecule has 0 amide bonds. The number of allylic oxidation sites excluding steroid dienone is 1. The topological polar surface area (TPSA) is 17.1 Å². The number of Topliss-reactive ketones (excluding diaryl/α,β-unsaturated/α-hetero) is 1. The van der Waals surface area contributed by atoms with E-state index in [1.807, 2.05) is 6.92 Å². The average Bonchev–Trinajstić information content (AvgIpc) is 1.87. The van der Waals surface area contributed by atoms with Crippen molar-refractivity contribution in [1.29, 1.82) is 0 Å². The van der Waals surface area contributed by atoms with Crippen LogP contribution in [-0.4, -0.2) is 5.78 Å². The summed E-state index contributed by atoms with van der Waals surface area (Å²) in [6.07, 6.45) is 1.52. The highest BCUT2D eigenvalue weighted by Crippen LogP contribution is 1.98. The van der Waals surface area contributed by atoms with Gasteiger partial charge in [0.05, 0.1) is 0 Å². The third kappa shape index (κ3) is 2.89. The Morgan fingerprint density at radius 1 is 1.67 bits per heavy atom. The second-order valence-electron chi connectivity index (χ2n) is 1.97. The van der Waals surface area contributed by atoms with Gasteiger partial charge in [0, 0.05) is 12.0 Å². The molecule has 0 unspecified atom stereocenters. The Labute approximate surface area is 56.1 Å². The van der Waals surface area contributed by atoms with Gasteiger partial charge < -0.3 is 0 Å². The first-order valence-electron chi connectivity index (χ1n) is 3.12. The lowest BCUT2D eigenvalue weighted by molar-refractivity contribution is -0.115. The van der Waals surface area contributed by atoms with E-state index in [2.05, 4.69) is 12.3 Å². The summed E-state index contributed by atoms with van der Waals surface area (Å²) in [6.45, 7) is 7.10. The zero-order chi connectivity index (χ0) is 7.28. The molecule has 0 aliphatic heterocycles. The van der Waals surface area contributed by atoms with E-state index in [4.69, 9.17) is 0 Å². The number of carbonyl (C=O) groups excluding carboxylic acids is 1. The van der Waals surface area contributed by atoms with Gasteiger partial charge in [-0.25, -0.2) is 0 Å². The fourth-order valence-electron chi connectivity index (χ4n) is 0.513. The van der Waals surface area contributed by atoms with Crippen LogP contribution in [0.4, 0.5) is 0 Å². The van der Waals surface area contributed by atoms with Crippen molar-refractivity contribution in [3.05, 3.63) is 17.9 Å². The second kappa shape index (κ2) is 4.11. The van der Waals surface area contributed by atoms with E-state index >= 15 is 0 Å². The Hall–Kier alpha value is -0.810. The SMILES string of the molecule is C=C=C(C)C(=O)CCC. The van der Waals surface area contributed by atoms with Crippen molar-refractivity contribution < 1.29 is 4.79 Å². The molecule has 0 radical (unpaired) electrons. The molecule has 0 N–H and O–H groups in total. The van der Waals surface area contributed by atoms with Crippen LogP contribution in [0, 0.1) is 0 Å². The lowest BCUT2D eigenvalue weighted by Crippen LogP contribution is -1.96. The molecule has 0 atom stereocenters. The van der Waals surface area contributed by atoms with Gasteiger partial charge in [0.25, 0.3) is 0 Å². The predicted molar refractivity (Wildman–Crippen MR) is 38.2 cm³/mol. The highest BCUT2D eigenvalue weighted by atomic mass is 16.1. The minimum atomic E-state index is 0.160. The van der Waals surface area contributed by atoms with Crippen LogP contribution in [0.3, 0.4) is 0 Å². The quantitative estimate of drug-likeness (QED) is 0.416. The van der Waals surface area contributed by atoms with Gasteiger partial charge in [0.1, 0.15) is 0 Å². The maximum absolute atomic E-state index is 10.8. The summed E-state index contributed by atoms with van der Waals surface area (Å²) in [4.78, 5) is 10.8. The fraction of sp³-hybridized carbons (Fsp3) is 0.500. The smallest absolute Gasteiger partial charge is 0.166 e. The zero-order valence-corrected chi connectivity index (χ0v) is 6.03. The molecule has 0 heterocycles. The number of carbonyl (C=O) groups is 1. The second-order valence-corrected chi connectivity index (χ2v) is 1.97. The Kier molecular flexibility index (Phi) is 3.74. The van der Waals surface area contributed by atoms with E-state index in [9.17, 15) is 4.79 Å². The van der Waals surface area contributed by atoms with Crippen LogP contribution in [0.25, 0.3) is 0 Å². The van der Waals surface area contributed by atoms with Gasteiger partial charge in [0.2, 0.25) is 0 Å². The van der Waals surface area contributed by atoms with Crippen LogP contribution in [0.15, 0.2) is 17.9 Å². The minimum absolute atomic E-state index is 0.160. The maximum atomic E-state index is 10.8. The molecule has 0 aromatic heterocycles. The third-order valence-electron chi connectivity index (χ3n) is 1.16. The van der Waals surface area contributed by atoms with Crippen molar-refractivity contribution in [3.8, 4) is 0 Å². The summed E-state index contributed by atoms with van der Waals surface area (Å²) in [5.41, 5.74) is 3.22. The van der Waals surface area contributed by atoms with Crippen LogP contribution in [0.2, 0.25) is 0 Å². The van der Waals surface area contributed by atoms with Gasteiger partial charge in [-0.1, -0.05) is 13.5 Å². The van der Waals surface area contributed by atoms with Crippen molar-refractivity contribution in [2.45, 2.75) is 26.7 Å². The Balaban J connectivity index is 3.89. The van der Waals surface area contributed by atoms with Crippen LogP contribution in [0.1, 0.15) is 26.7 Å². The van der Waals surface area contributed by atoms with Crippen molar-refractivity contribution in [2.24, 2.45) is 0 Å². The van der Waals surface area contributed by atoms with Gasteiger partial charge in [0.15, 0.2) is 5.78 Å².